The average molecular weight is 182 g/mol. The molecule has 1 aliphatic rings. The lowest BCUT2D eigenvalue weighted by molar-refractivity contribution is 0.311. The van der Waals surface area contributed by atoms with Crippen molar-refractivity contribution in [3.8, 4) is 0 Å². The van der Waals surface area contributed by atoms with Gasteiger partial charge in [-0.2, -0.15) is 0 Å². The zero-order valence-electron chi connectivity index (χ0n) is 9.38. The highest BCUT2D eigenvalue weighted by Gasteiger charge is 2.18. The van der Waals surface area contributed by atoms with Crippen LogP contribution in [0.5, 0.6) is 0 Å². The summed E-state index contributed by atoms with van der Waals surface area (Å²) in [6.07, 6.45) is 3.82. The van der Waals surface area contributed by atoms with Crippen LogP contribution in [-0.4, -0.2) is 29.4 Å². The van der Waals surface area contributed by atoms with Crippen molar-refractivity contribution in [2.24, 2.45) is 4.99 Å². The van der Waals surface area contributed by atoms with E-state index in [1.807, 2.05) is 0 Å². The molecule has 2 nitrogen and oxygen atoms in total. The van der Waals surface area contributed by atoms with Gasteiger partial charge in [0.25, 0.3) is 0 Å². The van der Waals surface area contributed by atoms with Crippen molar-refractivity contribution in [1.29, 1.82) is 0 Å². The number of nitrogens with zero attached hydrogens (tertiary/aromatic N) is 2. The van der Waals surface area contributed by atoms with Crippen LogP contribution in [-0.2, 0) is 0 Å². The number of hydrogen-bond acceptors (Lipinski definition) is 1. The van der Waals surface area contributed by atoms with Crippen molar-refractivity contribution < 1.29 is 0 Å². The second-order valence-corrected chi connectivity index (χ2v) is 4.38. The van der Waals surface area contributed by atoms with Gasteiger partial charge in [0.1, 0.15) is 0 Å². The quantitative estimate of drug-likeness (QED) is 0.641. The van der Waals surface area contributed by atoms with Gasteiger partial charge in [-0.1, -0.05) is 0 Å². The normalized spacial score (nSPS) is 22.0. The Kier molecular flexibility index (Phi) is 3.76. The first kappa shape index (κ1) is 10.6. The lowest BCUT2D eigenvalue weighted by Crippen LogP contribution is -2.40. The molecular formula is C11H22N2. The van der Waals surface area contributed by atoms with Crippen molar-refractivity contribution in [2.45, 2.75) is 59.0 Å². The highest BCUT2D eigenvalue weighted by molar-refractivity contribution is 5.83. The maximum atomic E-state index is 4.68. The molecule has 0 aromatic heterocycles. The summed E-state index contributed by atoms with van der Waals surface area (Å²) in [4.78, 5) is 7.13. The lowest BCUT2D eigenvalue weighted by Gasteiger charge is -2.34. The minimum atomic E-state index is 0.439. The highest BCUT2D eigenvalue weighted by atomic mass is 15.2. The van der Waals surface area contributed by atoms with E-state index in [4.69, 9.17) is 0 Å². The van der Waals surface area contributed by atoms with Crippen molar-refractivity contribution in [1.82, 2.24) is 4.90 Å². The molecule has 1 heterocycles. The second-order valence-electron chi connectivity index (χ2n) is 4.38. The summed E-state index contributed by atoms with van der Waals surface area (Å²) in [5.41, 5.74) is 0. The molecule has 1 aliphatic heterocycles. The van der Waals surface area contributed by atoms with Gasteiger partial charge in [0.15, 0.2) is 0 Å². The Morgan fingerprint density at radius 3 is 2.38 bits per heavy atom. The number of piperidine rings is 1. The minimum absolute atomic E-state index is 0.439. The Morgan fingerprint density at radius 1 is 1.15 bits per heavy atom. The summed E-state index contributed by atoms with van der Waals surface area (Å²) < 4.78 is 0. The van der Waals surface area contributed by atoms with E-state index in [2.05, 4.69) is 37.6 Å². The SMILES string of the molecule is CC(C)/N=C1\CCCCN1C(C)C. The number of aliphatic imine (C=N–C) groups is 1. The van der Waals surface area contributed by atoms with Crippen molar-refractivity contribution >= 4 is 5.84 Å². The Hall–Kier alpha value is -0.530. The first-order valence-electron chi connectivity index (χ1n) is 5.44. The fourth-order valence-electron chi connectivity index (χ4n) is 1.83. The average Bonchev–Trinajstić information content (AvgIpc) is 2.03. The highest BCUT2D eigenvalue weighted by Crippen LogP contribution is 2.15. The molecule has 0 aliphatic carbocycles. The van der Waals surface area contributed by atoms with E-state index in [1.165, 1.54) is 31.6 Å². The van der Waals surface area contributed by atoms with E-state index in [-0.39, 0.29) is 0 Å². The fraction of sp³-hybridized carbons (Fsp3) is 0.909. The van der Waals surface area contributed by atoms with Crippen LogP contribution in [0.3, 0.4) is 0 Å². The predicted molar refractivity (Wildman–Crippen MR) is 58.3 cm³/mol. The molecule has 1 rings (SSSR count). The van der Waals surface area contributed by atoms with Gasteiger partial charge in [0.05, 0.1) is 5.84 Å². The van der Waals surface area contributed by atoms with Gasteiger partial charge < -0.3 is 4.90 Å². The smallest absolute Gasteiger partial charge is 0.0994 e. The second kappa shape index (κ2) is 4.64. The van der Waals surface area contributed by atoms with Gasteiger partial charge in [0, 0.05) is 25.0 Å². The van der Waals surface area contributed by atoms with E-state index in [0.29, 0.717) is 12.1 Å². The van der Waals surface area contributed by atoms with E-state index in [9.17, 15) is 0 Å². The molecule has 1 saturated heterocycles. The third-order valence-electron chi connectivity index (χ3n) is 2.41. The molecule has 1 fully saturated rings. The number of likely N-dealkylation sites (tertiary alicyclic amines) is 1. The van der Waals surface area contributed by atoms with Crippen molar-refractivity contribution in [3.05, 3.63) is 0 Å². The Labute approximate surface area is 82.0 Å². The monoisotopic (exact) mass is 182 g/mol. The molecule has 0 amide bonds. The molecule has 13 heavy (non-hydrogen) atoms. The Bertz CT molecular complexity index is 183. The van der Waals surface area contributed by atoms with Crippen LogP contribution in [0.2, 0.25) is 0 Å². The van der Waals surface area contributed by atoms with Crippen LogP contribution in [0, 0.1) is 0 Å². The van der Waals surface area contributed by atoms with Crippen molar-refractivity contribution in [2.75, 3.05) is 6.54 Å². The first-order chi connectivity index (χ1) is 6.11. The molecular weight excluding hydrogens is 160 g/mol. The molecule has 0 radical (unpaired) electrons. The molecule has 2 heteroatoms. The molecule has 0 spiro atoms. The molecule has 0 aromatic carbocycles. The predicted octanol–water partition coefficient (Wildman–Crippen LogP) is 2.69. The van der Waals surface area contributed by atoms with Gasteiger partial charge in [-0.05, 0) is 40.5 Å². The van der Waals surface area contributed by atoms with Crippen LogP contribution in [0.25, 0.3) is 0 Å². The third-order valence-corrected chi connectivity index (χ3v) is 2.41. The standard InChI is InChI=1S/C11H22N2/c1-9(2)12-11-7-5-6-8-13(11)10(3)4/h9-10H,5-8H2,1-4H3/b12-11+. The molecule has 0 atom stereocenters. The van der Waals surface area contributed by atoms with Crippen LogP contribution in [0.15, 0.2) is 4.99 Å². The maximum Gasteiger partial charge on any atom is 0.0994 e. The third kappa shape index (κ3) is 3.02. The van der Waals surface area contributed by atoms with Gasteiger partial charge in [-0.15, -0.1) is 0 Å². The molecule has 0 saturated carbocycles. The number of amidine groups is 1. The summed E-state index contributed by atoms with van der Waals surface area (Å²) >= 11 is 0. The number of rotatable bonds is 2. The Morgan fingerprint density at radius 2 is 1.85 bits per heavy atom. The molecule has 0 aromatic rings. The van der Waals surface area contributed by atoms with Gasteiger partial charge >= 0.3 is 0 Å². The zero-order chi connectivity index (χ0) is 9.84. The van der Waals surface area contributed by atoms with Crippen molar-refractivity contribution in [3.63, 3.8) is 0 Å². The topological polar surface area (TPSA) is 15.6 Å². The fourth-order valence-corrected chi connectivity index (χ4v) is 1.83. The number of hydrogen-bond donors (Lipinski definition) is 0. The minimum Gasteiger partial charge on any atom is -0.358 e. The Balaban J connectivity index is 2.67. The lowest BCUT2D eigenvalue weighted by atomic mass is 10.1. The first-order valence-corrected chi connectivity index (χ1v) is 5.44. The van der Waals surface area contributed by atoms with Crippen LogP contribution < -0.4 is 0 Å². The van der Waals surface area contributed by atoms with E-state index < -0.39 is 0 Å². The van der Waals surface area contributed by atoms with Crippen LogP contribution >= 0.6 is 0 Å². The molecule has 76 valence electrons. The summed E-state index contributed by atoms with van der Waals surface area (Å²) in [7, 11) is 0. The van der Waals surface area contributed by atoms with Crippen LogP contribution in [0.4, 0.5) is 0 Å². The van der Waals surface area contributed by atoms with E-state index in [0.717, 1.165) is 0 Å². The molecule has 0 unspecified atom stereocenters. The molecule has 0 bridgehead atoms. The summed E-state index contributed by atoms with van der Waals surface area (Å²) in [5.74, 6) is 1.33. The molecule has 0 N–H and O–H groups in total. The summed E-state index contributed by atoms with van der Waals surface area (Å²) in [6.45, 7) is 10.0. The maximum absolute atomic E-state index is 4.68. The summed E-state index contributed by atoms with van der Waals surface area (Å²) in [5, 5.41) is 0. The largest absolute Gasteiger partial charge is 0.358 e. The van der Waals surface area contributed by atoms with E-state index >= 15 is 0 Å². The summed E-state index contributed by atoms with van der Waals surface area (Å²) in [6, 6.07) is 1.05. The van der Waals surface area contributed by atoms with Crippen LogP contribution in [0.1, 0.15) is 47.0 Å². The van der Waals surface area contributed by atoms with Gasteiger partial charge in [0.2, 0.25) is 0 Å². The zero-order valence-corrected chi connectivity index (χ0v) is 9.38. The van der Waals surface area contributed by atoms with Gasteiger partial charge in [-0.3, -0.25) is 4.99 Å². The van der Waals surface area contributed by atoms with E-state index in [1.54, 1.807) is 0 Å². The van der Waals surface area contributed by atoms with Gasteiger partial charge in [-0.25, -0.2) is 0 Å².